The van der Waals surface area contributed by atoms with E-state index in [4.69, 9.17) is 9.47 Å². The molecule has 2 aromatic rings. The normalized spacial score (nSPS) is 29.6. The standard InChI is InChI=1S/C23H25NO4/c1-27-17-8-4-6-15(22(17)28-2)21-19-13-10-9-12(11-13)18(19)14-5-3-7-16(23(25)26)20(14)24-21/h3-8,12-13,18-19,21,24H,9-11H2,1-2H3,(H,25,26)/t12-,13+,18+,19+,21-/m1/s1. The van der Waals surface area contributed by atoms with Crippen LogP contribution in [0.2, 0.25) is 0 Å². The van der Waals surface area contributed by atoms with E-state index in [2.05, 4.69) is 17.4 Å². The van der Waals surface area contributed by atoms with E-state index in [9.17, 15) is 9.90 Å². The molecule has 0 unspecified atom stereocenters. The number of carboxylic acids is 1. The second kappa shape index (κ2) is 6.43. The van der Waals surface area contributed by atoms with Crippen LogP contribution in [0.3, 0.4) is 0 Å². The van der Waals surface area contributed by atoms with Crippen LogP contribution >= 0.6 is 0 Å². The average Bonchev–Trinajstić information content (AvgIpc) is 3.34. The summed E-state index contributed by atoms with van der Waals surface area (Å²) in [4.78, 5) is 11.9. The molecule has 5 rings (SSSR count). The van der Waals surface area contributed by atoms with Crippen molar-refractivity contribution in [2.45, 2.75) is 31.2 Å². The first-order valence-corrected chi connectivity index (χ1v) is 9.97. The second-order valence-corrected chi connectivity index (χ2v) is 8.22. The van der Waals surface area contributed by atoms with Crippen molar-refractivity contribution in [3.05, 3.63) is 53.1 Å². The van der Waals surface area contributed by atoms with Crippen molar-refractivity contribution in [3.8, 4) is 11.5 Å². The molecule has 28 heavy (non-hydrogen) atoms. The Hall–Kier alpha value is -2.69. The molecular weight excluding hydrogens is 354 g/mol. The molecule has 2 saturated carbocycles. The number of methoxy groups -OCH3 is 2. The van der Waals surface area contributed by atoms with E-state index >= 15 is 0 Å². The van der Waals surface area contributed by atoms with Gasteiger partial charge in [-0.1, -0.05) is 24.3 Å². The lowest BCUT2D eigenvalue weighted by Gasteiger charge is -2.44. The molecule has 5 nitrogen and oxygen atoms in total. The Balaban J connectivity index is 1.70. The maximum atomic E-state index is 11.9. The molecule has 146 valence electrons. The zero-order valence-corrected chi connectivity index (χ0v) is 16.1. The van der Waals surface area contributed by atoms with Crippen LogP contribution < -0.4 is 14.8 Å². The van der Waals surface area contributed by atoms with Crippen molar-refractivity contribution >= 4 is 11.7 Å². The largest absolute Gasteiger partial charge is 0.493 e. The van der Waals surface area contributed by atoms with Crippen LogP contribution in [0.25, 0.3) is 0 Å². The predicted molar refractivity (Wildman–Crippen MR) is 106 cm³/mol. The Morgan fingerprint density at radius 1 is 1.04 bits per heavy atom. The molecule has 0 amide bonds. The fourth-order valence-corrected chi connectivity index (χ4v) is 6.16. The number of fused-ring (bicyclic) bond motifs is 7. The first-order chi connectivity index (χ1) is 13.6. The van der Waals surface area contributed by atoms with Crippen LogP contribution in [0, 0.1) is 17.8 Å². The van der Waals surface area contributed by atoms with Gasteiger partial charge in [0.05, 0.1) is 31.5 Å². The molecule has 2 fully saturated rings. The summed E-state index contributed by atoms with van der Waals surface area (Å²) in [5.41, 5.74) is 3.36. The molecule has 5 heteroatoms. The molecule has 2 N–H and O–H groups in total. The molecule has 0 radical (unpaired) electrons. The summed E-state index contributed by atoms with van der Waals surface area (Å²) in [6.45, 7) is 0. The minimum atomic E-state index is -0.887. The topological polar surface area (TPSA) is 67.8 Å². The molecule has 2 aliphatic carbocycles. The Morgan fingerprint density at radius 2 is 1.79 bits per heavy atom. The van der Waals surface area contributed by atoms with E-state index in [1.54, 1.807) is 20.3 Å². The molecule has 2 bridgehead atoms. The van der Waals surface area contributed by atoms with Crippen molar-refractivity contribution in [2.75, 3.05) is 19.5 Å². The van der Waals surface area contributed by atoms with E-state index in [0.29, 0.717) is 35.0 Å². The van der Waals surface area contributed by atoms with Crippen molar-refractivity contribution in [1.82, 2.24) is 0 Å². The minimum absolute atomic E-state index is 0.0124. The Morgan fingerprint density at radius 3 is 2.54 bits per heavy atom. The average molecular weight is 379 g/mol. The number of benzene rings is 2. The van der Waals surface area contributed by atoms with Crippen LogP contribution in [0.15, 0.2) is 36.4 Å². The summed E-state index contributed by atoms with van der Waals surface area (Å²) in [6, 6.07) is 11.7. The Bertz CT molecular complexity index is 940. The van der Waals surface area contributed by atoms with Gasteiger partial charge in [0.1, 0.15) is 0 Å². The van der Waals surface area contributed by atoms with Crippen LogP contribution in [0.1, 0.15) is 52.7 Å². The smallest absolute Gasteiger partial charge is 0.337 e. The van der Waals surface area contributed by atoms with Crippen LogP contribution in [-0.4, -0.2) is 25.3 Å². The number of nitrogens with one attached hydrogen (secondary N) is 1. The highest BCUT2D eigenvalue weighted by molar-refractivity contribution is 5.95. The maximum absolute atomic E-state index is 11.9. The fourth-order valence-electron chi connectivity index (χ4n) is 6.16. The van der Waals surface area contributed by atoms with Gasteiger partial charge in [-0.2, -0.15) is 0 Å². The highest BCUT2D eigenvalue weighted by atomic mass is 16.5. The zero-order valence-electron chi connectivity index (χ0n) is 16.1. The lowest BCUT2D eigenvalue weighted by atomic mass is 9.67. The van der Waals surface area contributed by atoms with Gasteiger partial charge in [0.15, 0.2) is 11.5 Å². The molecule has 5 atom stereocenters. The molecular formula is C23H25NO4. The Labute approximate surface area is 164 Å². The number of carbonyl (C=O) groups is 1. The van der Waals surface area contributed by atoms with E-state index in [0.717, 1.165) is 17.0 Å². The molecule has 0 aromatic heterocycles. The van der Waals surface area contributed by atoms with Crippen molar-refractivity contribution in [2.24, 2.45) is 17.8 Å². The summed E-state index contributed by atoms with van der Waals surface area (Å²) in [5, 5.41) is 13.4. The molecule has 1 aliphatic heterocycles. The second-order valence-electron chi connectivity index (χ2n) is 8.22. The SMILES string of the molecule is COc1cccc([C@H]2Nc3c(C(=O)O)cccc3[C@@H]3[C@@H]4CC[C@@H](C4)[C@@H]32)c1OC. The summed E-state index contributed by atoms with van der Waals surface area (Å²) >= 11 is 0. The number of rotatable bonds is 4. The predicted octanol–water partition coefficient (Wildman–Crippen LogP) is 4.70. The van der Waals surface area contributed by atoms with Gasteiger partial charge in [-0.3, -0.25) is 0 Å². The van der Waals surface area contributed by atoms with Crippen molar-refractivity contribution in [1.29, 1.82) is 0 Å². The van der Waals surface area contributed by atoms with Crippen molar-refractivity contribution < 1.29 is 19.4 Å². The van der Waals surface area contributed by atoms with Crippen LogP contribution in [-0.2, 0) is 0 Å². The zero-order chi connectivity index (χ0) is 19.4. The highest BCUT2D eigenvalue weighted by Gasteiger charge is 2.54. The minimum Gasteiger partial charge on any atom is -0.493 e. The number of hydrogen-bond donors (Lipinski definition) is 2. The van der Waals surface area contributed by atoms with Gasteiger partial charge in [0.25, 0.3) is 0 Å². The van der Waals surface area contributed by atoms with E-state index < -0.39 is 5.97 Å². The van der Waals surface area contributed by atoms with Crippen molar-refractivity contribution in [3.63, 3.8) is 0 Å². The lowest BCUT2D eigenvalue weighted by molar-refractivity contribution is 0.0697. The third-order valence-electron chi connectivity index (χ3n) is 7.12. The van der Waals surface area contributed by atoms with Crippen LogP contribution in [0.4, 0.5) is 5.69 Å². The summed E-state index contributed by atoms with van der Waals surface area (Å²) < 4.78 is 11.3. The lowest BCUT2D eigenvalue weighted by Crippen LogP contribution is -2.36. The van der Waals surface area contributed by atoms with E-state index in [-0.39, 0.29) is 6.04 Å². The first kappa shape index (κ1) is 17.4. The molecule has 3 aliphatic rings. The van der Waals surface area contributed by atoms with Gasteiger partial charge in [-0.15, -0.1) is 0 Å². The van der Waals surface area contributed by atoms with Gasteiger partial charge in [0.2, 0.25) is 0 Å². The quantitative estimate of drug-likeness (QED) is 0.806. The third kappa shape index (κ3) is 2.35. The molecule has 1 heterocycles. The van der Waals surface area contributed by atoms with Gasteiger partial charge < -0.3 is 19.9 Å². The summed E-state index contributed by atoms with van der Waals surface area (Å²) in [6.07, 6.45) is 3.73. The number of ether oxygens (including phenoxy) is 2. The number of anilines is 1. The van der Waals surface area contributed by atoms with E-state index in [1.165, 1.54) is 24.8 Å². The molecule has 0 spiro atoms. The molecule has 0 saturated heterocycles. The first-order valence-electron chi connectivity index (χ1n) is 9.97. The van der Waals surface area contributed by atoms with E-state index in [1.807, 2.05) is 18.2 Å². The summed E-state index contributed by atoms with van der Waals surface area (Å²) in [5.74, 6) is 2.69. The van der Waals surface area contributed by atoms with Gasteiger partial charge in [-0.25, -0.2) is 4.79 Å². The third-order valence-corrected chi connectivity index (χ3v) is 7.12. The van der Waals surface area contributed by atoms with Crippen LogP contribution in [0.5, 0.6) is 11.5 Å². The Kier molecular flexibility index (Phi) is 4.00. The van der Waals surface area contributed by atoms with Gasteiger partial charge >= 0.3 is 5.97 Å². The highest BCUT2D eigenvalue weighted by Crippen LogP contribution is 2.64. The number of hydrogen-bond acceptors (Lipinski definition) is 4. The number of aromatic carboxylic acids is 1. The monoisotopic (exact) mass is 379 g/mol. The molecule has 2 aromatic carbocycles. The number of para-hydroxylation sites is 2. The fraction of sp³-hybridized carbons (Fsp3) is 0.435. The summed E-state index contributed by atoms with van der Waals surface area (Å²) in [7, 11) is 3.31. The maximum Gasteiger partial charge on any atom is 0.337 e. The number of carboxylic acid groups (broad SMARTS) is 1. The van der Waals surface area contributed by atoms with Gasteiger partial charge in [0, 0.05) is 5.56 Å². The van der Waals surface area contributed by atoms with Gasteiger partial charge in [-0.05, 0) is 60.6 Å².